The summed E-state index contributed by atoms with van der Waals surface area (Å²) in [4.78, 5) is 12.6. The van der Waals surface area contributed by atoms with E-state index in [4.69, 9.17) is 34.8 Å². The zero-order valence-electron chi connectivity index (χ0n) is 20.1. The van der Waals surface area contributed by atoms with Crippen molar-refractivity contribution in [3.63, 3.8) is 0 Å². The summed E-state index contributed by atoms with van der Waals surface area (Å²) in [5.41, 5.74) is -3.82. The van der Waals surface area contributed by atoms with Crippen molar-refractivity contribution < 1.29 is 44.3 Å². The summed E-state index contributed by atoms with van der Waals surface area (Å²) in [7, 11) is 0. The molecule has 1 nitrogen and oxygen atoms in total. The van der Waals surface area contributed by atoms with Gasteiger partial charge < -0.3 is 0 Å². The Labute approximate surface area is 237 Å². The second-order valence-electron chi connectivity index (χ2n) is 8.91. The molecule has 0 aromatic heterocycles. The first kappa shape index (κ1) is 33.6. The minimum Gasteiger partial charge on any atom is -0.294 e. The van der Waals surface area contributed by atoms with Gasteiger partial charge in [0, 0.05) is 24.5 Å². The van der Waals surface area contributed by atoms with Crippen molar-refractivity contribution in [2.75, 3.05) is 11.5 Å². The first-order valence-electron chi connectivity index (χ1n) is 11.0. The molecular weight excluding hydrogens is 626 g/mol. The van der Waals surface area contributed by atoms with Crippen molar-refractivity contribution in [3.8, 4) is 0 Å². The maximum atomic E-state index is 15.0. The van der Waals surface area contributed by atoms with Gasteiger partial charge in [-0.3, -0.25) is 4.79 Å². The zero-order valence-corrected chi connectivity index (χ0v) is 23.2. The molecule has 0 aliphatic heterocycles. The van der Waals surface area contributed by atoms with Gasteiger partial charge in [0.05, 0.1) is 26.4 Å². The number of halogens is 12. The van der Waals surface area contributed by atoms with E-state index in [9.17, 15) is 44.3 Å². The summed E-state index contributed by atoms with van der Waals surface area (Å²) in [6.45, 7) is 2.20. The highest BCUT2D eigenvalue weighted by Crippen LogP contribution is 2.43. The Balaban J connectivity index is 2.42. The fourth-order valence-corrected chi connectivity index (χ4v) is 5.08. The van der Waals surface area contributed by atoms with E-state index in [1.165, 1.54) is 6.92 Å². The molecule has 0 fully saturated rings. The number of ketones is 1. The van der Waals surface area contributed by atoms with Gasteiger partial charge in [-0.2, -0.15) is 38.1 Å². The van der Waals surface area contributed by atoms with Crippen molar-refractivity contribution in [1.29, 1.82) is 0 Å². The highest BCUT2D eigenvalue weighted by Gasteiger charge is 2.41. The van der Waals surface area contributed by atoms with Crippen LogP contribution in [0.2, 0.25) is 15.1 Å². The van der Waals surface area contributed by atoms with E-state index in [0.29, 0.717) is 13.0 Å². The van der Waals surface area contributed by atoms with E-state index < -0.39 is 76.1 Å². The van der Waals surface area contributed by atoms with E-state index in [-0.39, 0.29) is 33.0 Å². The van der Waals surface area contributed by atoms with Gasteiger partial charge in [-0.05, 0) is 41.5 Å². The predicted molar refractivity (Wildman–Crippen MR) is 137 cm³/mol. The van der Waals surface area contributed by atoms with Crippen LogP contribution in [0.3, 0.4) is 0 Å². The number of thioether (sulfide) groups is 1. The van der Waals surface area contributed by atoms with Gasteiger partial charge >= 0.3 is 12.4 Å². The molecule has 0 N–H and O–H groups in total. The van der Waals surface area contributed by atoms with Crippen LogP contribution in [-0.2, 0) is 6.18 Å². The Kier molecular flexibility index (Phi) is 11.2. The maximum absolute atomic E-state index is 15.0. The average Bonchev–Trinajstić information content (AvgIpc) is 2.77. The van der Waals surface area contributed by atoms with Gasteiger partial charge in [-0.15, -0.1) is 0 Å². The summed E-state index contributed by atoms with van der Waals surface area (Å²) in [6.07, 6.45) is -10.6. The van der Waals surface area contributed by atoms with Crippen molar-refractivity contribution in [3.05, 3.63) is 73.7 Å². The Morgan fingerprint density at radius 2 is 1.54 bits per heavy atom. The molecule has 0 aliphatic carbocycles. The number of hydrogen-bond acceptors (Lipinski definition) is 2. The molecule has 2 rings (SSSR count). The van der Waals surface area contributed by atoms with Gasteiger partial charge in [0.1, 0.15) is 11.7 Å². The first-order chi connectivity index (χ1) is 17.7. The van der Waals surface area contributed by atoms with Crippen LogP contribution in [0, 0.1) is 5.92 Å². The number of hydrogen-bond donors (Lipinski definition) is 0. The Morgan fingerprint density at radius 1 is 0.974 bits per heavy atom. The molecule has 39 heavy (non-hydrogen) atoms. The molecule has 0 bridgehead atoms. The molecule has 14 heteroatoms. The van der Waals surface area contributed by atoms with Crippen molar-refractivity contribution in [2.45, 2.75) is 44.5 Å². The Bertz CT molecular complexity index is 1200. The fraction of sp³-hybridized carbons (Fsp3) is 0.400. The lowest BCUT2D eigenvalue weighted by Crippen LogP contribution is -2.19. The van der Waals surface area contributed by atoms with E-state index in [0.717, 1.165) is 30.0 Å². The second-order valence-corrected chi connectivity index (χ2v) is 11.1. The molecule has 0 heterocycles. The highest BCUT2D eigenvalue weighted by atomic mass is 35.5. The van der Waals surface area contributed by atoms with E-state index in [1.807, 2.05) is 0 Å². The summed E-state index contributed by atoms with van der Waals surface area (Å²) in [5.74, 6) is -9.25. The fourth-order valence-electron chi connectivity index (χ4n) is 3.47. The van der Waals surface area contributed by atoms with E-state index >= 15 is 0 Å². The Morgan fingerprint density at radius 3 is 2.03 bits per heavy atom. The van der Waals surface area contributed by atoms with Crippen LogP contribution in [0.15, 0.2) is 36.4 Å². The molecule has 0 saturated carbocycles. The molecule has 2 aromatic rings. The van der Waals surface area contributed by atoms with Crippen LogP contribution in [0.1, 0.15) is 53.2 Å². The number of rotatable bonds is 10. The quantitative estimate of drug-likeness (QED) is 0.145. The van der Waals surface area contributed by atoms with Gasteiger partial charge in [-0.25, -0.2) is 13.2 Å². The lowest BCUT2D eigenvalue weighted by molar-refractivity contribution is -0.140. The monoisotopic (exact) mass is 644 g/mol. The molecule has 216 valence electrons. The lowest BCUT2D eigenvalue weighted by atomic mass is 9.93. The third-order valence-electron chi connectivity index (χ3n) is 5.22. The van der Waals surface area contributed by atoms with Gasteiger partial charge in [0.2, 0.25) is 0 Å². The van der Waals surface area contributed by atoms with Crippen molar-refractivity contribution in [2.24, 2.45) is 5.92 Å². The zero-order chi connectivity index (χ0) is 29.9. The summed E-state index contributed by atoms with van der Waals surface area (Å²) >= 11 is 18.1. The number of allylic oxidation sites excluding steroid dienone is 1. The van der Waals surface area contributed by atoms with Crippen LogP contribution in [0.4, 0.5) is 39.5 Å². The summed E-state index contributed by atoms with van der Waals surface area (Å²) in [6, 6.07) is 3.28. The second kappa shape index (κ2) is 13.0. The number of alkyl halides is 8. The minimum atomic E-state index is -5.15. The van der Waals surface area contributed by atoms with Crippen LogP contribution in [0.5, 0.6) is 0 Å². The van der Waals surface area contributed by atoms with Crippen molar-refractivity contribution >= 4 is 58.2 Å². The molecule has 0 saturated heterocycles. The molecular formula is C25H20Cl3F9OS. The van der Waals surface area contributed by atoms with Crippen LogP contribution in [0.25, 0.3) is 5.83 Å². The number of carbonyl (C=O) groups is 1. The number of benzene rings is 2. The van der Waals surface area contributed by atoms with Gasteiger partial charge in [0.15, 0.2) is 5.78 Å². The number of carbonyl (C=O) groups excluding carboxylic acids is 1. The first-order valence-corrected chi connectivity index (χ1v) is 13.3. The molecule has 1 unspecified atom stereocenters. The largest absolute Gasteiger partial charge is 0.417 e. The standard InChI is InChI=1S/C25H20Cl3F9OS/c1-12(10-39-11-23(2,30)31)5-21(38)15-4-3-13(6-17(15)25(35,36)37)20(29)9-16(24(32,33)34)14-7-18(26)22(28)19(27)8-14/h3-4,6-9,12,16H,5,10-11H2,1-2H3/b20-9-/t12-,16?/m0/s1. The molecule has 0 amide bonds. The van der Waals surface area contributed by atoms with Crippen LogP contribution in [-0.4, -0.2) is 29.4 Å². The average molecular weight is 646 g/mol. The topological polar surface area (TPSA) is 17.1 Å². The van der Waals surface area contributed by atoms with E-state index in [1.54, 1.807) is 0 Å². The van der Waals surface area contributed by atoms with Gasteiger partial charge in [0.25, 0.3) is 5.92 Å². The normalized spacial score (nSPS) is 14.9. The third-order valence-corrected chi connectivity index (χ3v) is 7.94. The van der Waals surface area contributed by atoms with Gasteiger partial charge in [-0.1, -0.05) is 53.9 Å². The molecule has 0 spiro atoms. The molecule has 0 aliphatic rings. The third kappa shape index (κ3) is 9.79. The molecule has 0 radical (unpaired) electrons. The number of Topliss-reactive ketones (excluding diaryl/α,β-unsaturated/α-hetero) is 1. The van der Waals surface area contributed by atoms with E-state index in [2.05, 4.69) is 0 Å². The SMILES string of the molecule is C[C@H](CSCC(C)(F)F)CC(=O)c1ccc(/C(F)=C/C(c2cc(Cl)c(Cl)c(Cl)c2)C(F)(F)F)cc1C(F)(F)F. The molecule has 2 atom stereocenters. The Hall–Kier alpha value is -1.56. The maximum Gasteiger partial charge on any atom is 0.417 e. The smallest absolute Gasteiger partial charge is 0.294 e. The highest BCUT2D eigenvalue weighted by molar-refractivity contribution is 7.99. The summed E-state index contributed by atoms with van der Waals surface area (Å²) in [5, 5.41) is -0.931. The van der Waals surface area contributed by atoms with Crippen LogP contribution < -0.4 is 0 Å². The minimum absolute atomic E-state index is 0.0652. The van der Waals surface area contributed by atoms with Crippen molar-refractivity contribution in [1.82, 2.24) is 0 Å². The predicted octanol–water partition coefficient (Wildman–Crippen LogP) is 10.9. The molecule has 2 aromatic carbocycles. The van der Waals surface area contributed by atoms with Crippen LogP contribution >= 0.6 is 46.6 Å². The summed E-state index contributed by atoms with van der Waals surface area (Å²) < 4.78 is 123. The lowest BCUT2D eigenvalue weighted by Gasteiger charge is -2.19.